The standard InChI is InChI=1S/C11H10BN/c12-8-3-4-9-10(7-1-2-7)6-13-11(9)5-8/h3-7,13H,1-2H2. The van der Waals surface area contributed by atoms with E-state index in [0.717, 1.165) is 11.4 Å². The van der Waals surface area contributed by atoms with E-state index in [0.29, 0.717) is 0 Å². The minimum absolute atomic E-state index is 0.803. The molecule has 1 aliphatic rings. The van der Waals surface area contributed by atoms with Crippen LogP contribution in [0.1, 0.15) is 24.3 Å². The Labute approximate surface area is 78.6 Å². The summed E-state index contributed by atoms with van der Waals surface area (Å²) in [5.74, 6) is 0.803. The predicted octanol–water partition coefficient (Wildman–Crippen LogP) is 1.84. The fourth-order valence-electron chi connectivity index (χ4n) is 1.90. The topological polar surface area (TPSA) is 15.8 Å². The Morgan fingerprint density at radius 1 is 1.31 bits per heavy atom. The van der Waals surface area contributed by atoms with E-state index in [2.05, 4.69) is 17.2 Å². The molecule has 1 saturated carbocycles. The average molecular weight is 167 g/mol. The minimum atomic E-state index is 0.803. The number of nitrogens with one attached hydrogen (secondary N) is 1. The van der Waals surface area contributed by atoms with Gasteiger partial charge in [0.15, 0.2) is 0 Å². The van der Waals surface area contributed by atoms with Crippen LogP contribution in [0.3, 0.4) is 0 Å². The van der Waals surface area contributed by atoms with Gasteiger partial charge >= 0.3 is 0 Å². The molecule has 62 valence electrons. The molecular weight excluding hydrogens is 157 g/mol. The lowest BCUT2D eigenvalue weighted by Gasteiger charge is -1.96. The molecule has 1 fully saturated rings. The van der Waals surface area contributed by atoms with Crippen LogP contribution >= 0.6 is 0 Å². The SMILES string of the molecule is [B]c1ccc2c(C3CC3)c[nH]c2c1. The summed E-state index contributed by atoms with van der Waals surface area (Å²) in [6, 6.07) is 6.10. The van der Waals surface area contributed by atoms with Crippen molar-refractivity contribution < 1.29 is 0 Å². The lowest BCUT2D eigenvalue weighted by Crippen LogP contribution is -1.99. The Balaban J connectivity index is 2.26. The van der Waals surface area contributed by atoms with Crippen molar-refractivity contribution >= 4 is 24.2 Å². The Hall–Kier alpha value is -1.18. The largest absolute Gasteiger partial charge is 0.361 e. The molecule has 0 spiro atoms. The molecule has 13 heavy (non-hydrogen) atoms. The zero-order valence-corrected chi connectivity index (χ0v) is 7.38. The van der Waals surface area contributed by atoms with Crippen LogP contribution in [0.2, 0.25) is 0 Å². The number of rotatable bonds is 1. The van der Waals surface area contributed by atoms with Crippen molar-refractivity contribution in [3.63, 3.8) is 0 Å². The van der Waals surface area contributed by atoms with Crippen LogP contribution in [-0.2, 0) is 0 Å². The highest BCUT2D eigenvalue weighted by atomic mass is 14.7. The molecule has 0 atom stereocenters. The summed E-state index contributed by atoms with van der Waals surface area (Å²) in [5, 5.41) is 1.34. The van der Waals surface area contributed by atoms with E-state index in [1.54, 1.807) is 0 Å². The molecule has 0 unspecified atom stereocenters. The van der Waals surface area contributed by atoms with E-state index < -0.39 is 0 Å². The first-order chi connectivity index (χ1) is 6.34. The second-order valence-corrected chi connectivity index (χ2v) is 3.82. The zero-order chi connectivity index (χ0) is 8.84. The smallest absolute Gasteiger partial charge is 0.113 e. The fourth-order valence-corrected chi connectivity index (χ4v) is 1.90. The van der Waals surface area contributed by atoms with Gasteiger partial charge in [0, 0.05) is 17.1 Å². The number of aromatic amines is 1. The zero-order valence-electron chi connectivity index (χ0n) is 7.38. The van der Waals surface area contributed by atoms with Crippen LogP contribution in [0.25, 0.3) is 10.9 Å². The predicted molar refractivity (Wildman–Crippen MR) is 55.7 cm³/mol. The molecule has 3 rings (SSSR count). The number of aromatic nitrogens is 1. The van der Waals surface area contributed by atoms with Gasteiger partial charge in [-0.15, -0.1) is 0 Å². The van der Waals surface area contributed by atoms with Crippen LogP contribution in [0.5, 0.6) is 0 Å². The van der Waals surface area contributed by atoms with E-state index in [1.165, 1.54) is 29.3 Å². The van der Waals surface area contributed by atoms with Crippen LogP contribution in [-0.4, -0.2) is 12.8 Å². The Kier molecular flexibility index (Phi) is 1.34. The van der Waals surface area contributed by atoms with Gasteiger partial charge in [0.1, 0.15) is 7.85 Å². The first-order valence-corrected chi connectivity index (χ1v) is 4.71. The van der Waals surface area contributed by atoms with Crippen molar-refractivity contribution in [2.75, 3.05) is 0 Å². The number of H-pyrrole nitrogens is 1. The van der Waals surface area contributed by atoms with E-state index >= 15 is 0 Å². The highest BCUT2D eigenvalue weighted by Crippen LogP contribution is 2.42. The van der Waals surface area contributed by atoms with Gasteiger partial charge in [0.05, 0.1) is 0 Å². The first kappa shape index (κ1) is 7.25. The van der Waals surface area contributed by atoms with Gasteiger partial charge in [0.25, 0.3) is 0 Å². The molecule has 1 aliphatic carbocycles. The van der Waals surface area contributed by atoms with Crippen molar-refractivity contribution in [3.05, 3.63) is 30.0 Å². The summed E-state index contributed by atoms with van der Waals surface area (Å²) in [4.78, 5) is 3.27. The molecule has 0 amide bonds. The van der Waals surface area contributed by atoms with Crippen molar-refractivity contribution in [2.24, 2.45) is 0 Å². The van der Waals surface area contributed by atoms with E-state index in [9.17, 15) is 0 Å². The molecule has 1 aromatic carbocycles. The molecule has 0 bridgehead atoms. The van der Waals surface area contributed by atoms with Gasteiger partial charge < -0.3 is 4.98 Å². The average Bonchev–Trinajstić information content (AvgIpc) is 2.87. The summed E-state index contributed by atoms with van der Waals surface area (Å²) in [6.07, 6.45) is 4.82. The van der Waals surface area contributed by atoms with Crippen LogP contribution in [0, 0.1) is 0 Å². The molecule has 1 nitrogen and oxygen atoms in total. The van der Waals surface area contributed by atoms with Gasteiger partial charge in [-0.05, 0) is 30.4 Å². The number of hydrogen-bond donors (Lipinski definition) is 1. The fraction of sp³-hybridized carbons (Fsp3) is 0.273. The molecule has 1 N–H and O–H groups in total. The van der Waals surface area contributed by atoms with E-state index in [-0.39, 0.29) is 0 Å². The summed E-state index contributed by atoms with van der Waals surface area (Å²) in [5.41, 5.74) is 3.47. The van der Waals surface area contributed by atoms with Gasteiger partial charge in [-0.25, -0.2) is 0 Å². The van der Waals surface area contributed by atoms with Crippen molar-refractivity contribution in [3.8, 4) is 0 Å². The summed E-state index contributed by atoms with van der Waals surface area (Å²) >= 11 is 0. The number of benzene rings is 1. The van der Waals surface area contributed by atoms with Crippen LogP contribution in [0.4, 0.5) is 0 Å². The molecule has 2 heteroatoms. The molecule has 2 aromatic rings. The lowest BCUT2D eigenvalue weighted by atomic mass is 9.94. The number of fused-ring (bicyclic) bond motifs is 1. The van der Waals surface area contributed by atoms with Crippen LogP contribution in [0.15, 0.2) is 24.4 Å². The van der Waals surface area contributed by atoms with Gasteiger partial charge in [0.2, 0.25) is 0 Å². The Morgan fingerprint density at radius 2 is 2.15 bits per heavy atom. The first-order valence-electron chi connectivity index (χ1n) is 4.71. The highest BCUT2D eigenvalue weighted by molar-refractivity contribution is 6.33. The third-order valence-corrected chi connectivity index (χ3v) is 2.75. The molecule has 0 aliphatic heterocycles. The van der Waals surface area contributed by atoms with Crippen molar-refractivity contribution in [2.45, 2.75) is 18.8 Å². The van der Waals surface area contributed by atoms with Gasteiger partial charge in [-0.1, -0.05) is 17.6 Å². The normalized spacial score (nSPS) is 16.6. The summed E-state index contributed by atoms with van der Waals surface area (Å²) < 4.78 is 0. The molecule has 0 saturated heterocycles. The van der Waals surface area contributed by atoms with Crippen LogP contribution < -0.4 is 5.46 Å². The number of hydrogen-bond acceptors (Lipinski definition) is 0. The second kappa shape index (κ2) is 2.41. The molecular formula is C11H10BN. The maximum absolute atomic E-state index is 5.70. The Bertz CT molecular complexity index is 454. The third kappa shape index (κ3) is 1.09. The molecule has 1 aromatic heterocycles. The third-order valence-electron chi connectivity index (χ3n) is 2.75. The maximum Gasteiger partial charge on any atom is 0.113 e. The van der Waals surface area contributed by atoms with Gasteiger partial charge in [-0.3, -0.25) is 0 Å². The summed E-state index contributed by atoms with van der Waals surface area (Å²) in [7, 11) is 5.70. The highest BCUT2D eigenvalue weighted by Gasteiger charge is 2.25. The molecule has 2 radical (unpaired) electrons. The lowest BCUT2D eigenvalue weighted by molar-refractivity contribution is 1.15. The van der Waals surface area contributed by atoms with E-state index in [4.69, 9.17) is 7.85 Å². The summed E-state index contributed by atoms with van der Waals surface area (Å²) in [6.45, 7) is 0. The van der Waals surface area contributed by atoms with E-state index in [1.807, 2.05) is 12.1 Å². The molecule has 1 heterocycles. The minimum Gasteiger partial charge on any atom is -0.361 e. The van der Waals surface area contributed by atoms with Gasteiger partial charge in [-0.2, -0.15) is 0 Å². The monoisotopic (exact) mass is 167 g/mol. The maximum atomic E-state index is 5.70. The van der Waals surface area contributed by atoms with Crippen molar-refractivity contribution in [1.82, 2.24) is 4.98 Å². The van der Waals surface area contributed by atoms with Crippen molar-refractivity contribution in [1.29, 1.82) is 0 Å². The quantitative estimate of drug-likeness (QED) is 0.623. The second-order valence-electron chi connectivity index (χ2n) is 3.82. The Morgan fingerprint density at radius 3 is 2.92 bits per heavy atom.